The van der Waals surface area contributed by atoms with Crippen LogP contribution in [0.5, 0.6) is 0 Å². The van der Waals surface area contributed by atoms with Crippen LogP contribution in [0.4, 0.5) is 5.82 Å². The van der Waals surface area contributed by atoms with Gasteiger partial charge in [0, 0.05) is 12.4 Å². The number of nitrogen functional groups attached to an aromatic ring is 1. The summed E-state index contributed by atoms with van der Waals surface area (Å²) in [4.78, 5) is 0. The molecule has 6 heteroatoms. The van der Waals surface area contributed by atoms with Gasteiger partial charge in [0.05, 0.1) is 16.7 Å². The van der Waals surface area contributed by atoms with Gasteiger partial charge in [-0.3, -0.25) is 4.68 Å². The second-order valence-corrected chi connectivity index (χ2v) is 6.37. The van der Waals surface area contributed by atoms with Crippen molar-refractivity contribution in [2.75, 3.05) is 5.73 Å². The standard InChI is InChI=1S/C14H20BN3O2/c1-13(2)14(3,4)20-15(19-13)9-6-7-11-10(8-9)12(16)18(5)17-11/h6-8H,16H2,1-5H3. The number of nitrogens with two attached hydrogens (primary N) is 1. The summed E-state index contributed by atoms with van der Waals surface area (Å²) in [6.07, 6.45) is 0. The minimum Gasteiger partial charge on any atom is -0.399 e. The molecule has 0 atom stereocenters. The number of anilines is 1. The maximum atomic E-state index is 6.06. The van der Waals surface area contributed by atoms with Gasteiger partial charge >= 0.3 is 7.12 Å². The summed E-state index contributed by atoms with van der Waals surface area (Å²) in [5, 5.41) is 5.28. The van der Waals surface area contributed by atoms with Gasteiger partial charge in [-0.05, 0) is 45.3 Å². The molecule has 0 saturated carbocycles. The minimum atomic E-state index is -0.371. The molecule has 0 unspecified atom stereocenters. The Morgan fingerprint density at radius 3 is 2.35 bits per heavy atom. The van der Waals surface area contributed by atoms with Crippen molar-refractivity contribution in [3.63, 3.8) is 0 Å². The molecule has 5 nitrogen and oxygen atoms in total. The summed E-state index contributed by atoms with van der Waals surface area (Å²) >= 11 is 0. The molecule has 0 bridgehead atoms. The van der Waals surface area contributed by atoms with E-state index in [1.165, 1.54) is 0 Å². The van der Waals surface area contributed by atoms with Crippen LogP contribution in [0.15, 0.2) is 18.2 Å². The van der Waals surface area contributed by atoms with Crippen molar-refractivity contribution in [2.45, 2.75) is 38.9 Å². The Bertz CT molecular complexity index is 662. The molecule has 0 amide bonds. The molecule has 1 saturated heterocycles. The lowest BCUT2D eigenvalue weighted by Crippen LogP contribution is -2.41. The van der Waals surface area contributed by atoms with Crippen LogP contribution in [0.2, 0.25) is 0 Å². The molecule has 2 N–H and O–H groups in total. The zero-order chi connectivity index (χ0) is 14.7. The average Bonchev–Trinajstić information content (AvgIpc) is 2.74. The second-order valence-electron chi connectivity index (χ2n) is 6.37. The fraction of sp³-hybridized carbons (Fsp3) is 0.500. The fourth-order valence-electron chi connectivity index (χ4n) is 2.36. The first-order valence-electron chi connectivity index (χ1n) is 6.79. The van der Waals surface area contributed by atoms with Gasteiger partial charge in [-0.25, -0.2) is 0 Å². The van der Waals surface area contributed by atoms with E-state index in [0.717, 1.165) is 16.4 Å². The smallest absolute Gasteiger partial charge is 0.399 e. The van der Waals surface area contributed by atoms with Crippen molar-refractivity contribution in [2.24, 2.45) is 7.05 Å². The third-order valence-electron chi connectivity index (χ3n) is 4.43. The highest BCUT2D eigenvalue weighted by molar-refractivity contribution is 6.62. The first-order chi connectivity index (χ1) is 9.21. The number of nitrogens with zero attached hydrogens (tertiary/aromatic N) is 2. The average molecular weight is 273 g/mol. The zero-order valence-electron chi connectivity index (χ0n) is 12.6. The summed E-state index contributed by atoms with van der Waals surface area (Å²) in [6.45, 7) is 8.18. The van der Waals surface area contributed by atoms with Crippen LogP contribution < -0.4 is 11.2 Å². The van der Waals surface area contributed by atoms with Crippen molar-refractivity contribution >= 4 is 29.3 Å². The summed E-state index contributed by atoms with van der Waals surface area (Å²) in [6, 6.07) is 5.93. The Labute approximate surface area is 119 Å². The number of fused-ring (bicyclic) bond motifs is 1. The van der Waals surface area contributed by atoms with Crippen LogP contribution in [0.1, 0.15) is 27.7 Å². The van der Waals surface area contributed by atoms with Crippen LogP contribution >= 0.6 is 0 Å². The van der Waals surface area contributed by atoms with E-state index < -0.39 is 0 Å². The lowest BCUT2D eigenvalue weighted by molar-refractivity contribution is 0.00578. The molecule has 0 aliphatic carbocycles. The van der Waals surface area contributed by atoms with E-state index in [-0.39, 0.29) is 18.3 Å². The van der Waals surface area contributed by atoms with Crippen molar-refractivity contribution in [3.05, 3.63) is 18.2 Å². The van der Waals surface area contributed by atoms with Crippen LogP contribution in [0.25, 0.3) is 10.9 Å². The molecule has 0 spiro atoms. The normalized spacial score (nSPS) is 20.8. The molecule has 2 aromatic rings. The molecular weight excluding hydrogens is 253 g/mol. The molecule has 1 fully saturated rings. The summed E-state index contributed by atoms with van der Waals surface area (Å²) < 4.78 is 13.8. The van der Waals surface area contributed by atoms with E-state index in [1.807, 2.05) is 52.9 Å². The Morgan fingerprint density at radius 2 is 1.75 bits per heavy atom. The molecule has 0 radical (unpaired) electrons. The SMILES string of the molecule is Cn1nc2ccc(B3OC(C)(C)C(C)(C)O3)cc2c1N. The van der Waals surface area contributed by atoms with E-state index in [9.17, 15) is 0 Å². The highest BCUT2D eigenvalue weighted by atomic mass is 16.7. The summed E-state index contributed by atoms with van der Waals surface area (Å²) in [5.41, 5.74) is 7.20. The highest BCUT2D eigenvalue weighted by Gasteiger charge is 2.51. The van der Waals surface area contributed by atoms with Crippen LogP contribution in [-0.4, -0.2) is 28.1 Å². The summed E-state index contributed by atoms with van der Waals surface area (Å²) in [7, 11) is 1.47. The van der Waals surface area contributed by atoms with E-state index >= 15 is 0 Å². The first-order valence-corrected chi connectivity index (χ1v) is 6.79. The van der Waals surface area contributed by atoms with Gasteiger partial charge in [0.2, 0.25) is 0 Å². The van der Waals surface area contributed by atoms with Gasteiger partial charge in [0.1, 0.15) is 5.82 Å². The van der Waals surface area contributed by atoms with E-state index in [1.54, 1.807) is 4.68 Å². The molecule has 1 aliphatic rings. The Balaban J connectivity index is 2.02. The number of rotatable bonds is 1. The molecule has 3 rings (SSSR count). The molecule has 106 valence electrons. The van der Waals surface area contributed by atoms with E-state index in [4.69, 9.17) is 15.0 Å². The largest absolute Gasteiger partial charge is 0.494 e. The van der Waals surface area contributed by atoms with Gasteiger partial charge in [0.15, 0.2) is 0 Å². The maximum absolute atomic E-state index is 6.06. The number of hydrogen-bond acceptors (Lipinski definition) is 4. The predicted octanol–water partition coefficient (Wildman–Crippen LogP) is 1.45. The van der Waals surface area contributed by atoms with Crippen molar-refractivity contribution < 1.29 is 9.31 Å². The fourth-order valence-corrected chi connectivity index (χ4v) is 2.36. The molecule has 1 aliphatic heterocycles. The quantitative estimate of drug-likeness (QED) is 0.799. The molecular formula is C14H20BN3O2. The molecule has 20 heavy (non-hydrogen) atoms. The van der Waals surface area contributed by atoms with Gasteiger partial charge in [-0.15, -0.1) is 0 Å². The monoisotopic (exact) mass is 273 g/mol. The number of hydrogen-bond donors (Lipinski definition) is 1. The maximum Gasteiger partial charge on any atom is 0.494 e. The highest BCUT2D eigenvalue weighted by Crippen LogP contribution is 2.36. The third-order valence-corrected chi connectivity index (χ3v) is 4.43. The van der Waals surface area contributed by atoms with E-state index in [2.05, 4.69) is 5.10 Å². The lowest BCUT2D eigenvalue weighted by Gasteiger charge is -2.32. The topological polar surface area (TPSA) is 62.3 Å². The van der Waals surface area contributed by atoms with Gasteiger partial charge in [0.25, 0.3) is 0 Å². The first kappa shape index (κ1) is 13.5. The molecule has 2 heterocycles. The third kappa shape index (κ3) is 1.83. The number of aryl methyl sites for hydroxylation is 1. The van der Waals surface area contributed by atoms with Gasteiger partial charge < -0.3 is 15.0 Å². The Kier molecular flexibility index (Phi) is 2.69. The number of aromatic nitrogens is 2. The van der Waals surface area contributed by atoms with Crippen molar-refractivity contribution in [3.8, 4) is 0 Å². The second kappa shape index (κ2) is 3.99. The molecule has 1 aromatic heterocycles. The lowest BCUT2D eigenvalue weighted by atomic mass is 9.78. The van der Waals surface area contributed by atoms with Crippen molar-refractivity contribution in [1.29, 1.82) is 0 Å². The van der Waals surface area contributed by atoms with Crippen LogP contribution in [-0.2, 0) is 16.4 Å². The minimum absolute atomic E-state index is 0.340. The Morgan fingerprint density at radius 1 is 1.15 bits per heavy atom. The van der Waals surface area contributed by atoms with Crippen LogP contribution in [0, 0.1) is 0 Å². The van der Waals surface area contributed by atoms with Crippen LogP contribution in [0.3, 0.4) is 0 Å². The predicted molar refractivity (Wildman–Crippen MR) is 80.8 cm³/mol. The summed E-state index contributed by atoms with van der Waals surface area (Å²) in [5.74, 6) is 0.651. The van der Waals surface area contributed by atoms with Gasteiger partial charge in [-0.1, -0.05) is 6.07 Å². The zero-order valence-corrected chi connectivity index (χ0v) is 12.6. The number of benzene rings is 1. The Hall–Kier alpha value is -1.53. The van der Waals surface area contributed by atoms with Gasteiger partial charge in [-0.2, -0.15) is 5.10 Å². The van der Waals surface area contributed by atoms with E-state index in [0.29, 0.717) is 5.82 Å². The molecule has 1 aromatic carbocycles. The van der Waals surface area contributed by atoms with Crippen molar-refractivity contribution in [1.82, 2.24) is 9.78 Å².